The highest BCUT2D eigenvalue weighted by Crippen LogP contribution is 2.33. The van der Waals surface area contributed by atoms with Crippen molar-refractivity contribution < 1.29 is 9.53 Å². The third-order valence-corrected chi connectivity index (χ3v) is 6.58. The van der Waals surface area contributed by atoms with Crippen molar-refractivity contribution in [2.45, 2.75) is 31.8 Å². The highest BCUT2D eigenvalue weighted by Gasteiger charge is 2.33. The number of urea groups is 1. The number of hydrogen-bond acceptors (Lipinski definition) is 6. The number of fused-ring (bicyclic) bond motifs is 1. The van der Waals surface area contributed by atoms with Crippen molar-refractivity contribution in [3.63, 3.8) is 0 Å². The molecule has 2 amide bonds. The molecule has 0 aliphatic carbocycles. The van der Waals surface area contributed by atoms with E-state index in [4.69, 9.17) is 9.72 Å². The number of morpholine rings is 1. The Morgan fingerprint density at radius 1 is 1.22 bits per heavy atom. The summed E-state index contributed by atoms with van der Waals surface area (Å²) >= 11 is 3.58. The second-order valence-corrected chi connectivity index (χ2v) is 8.95. The predicted octanol–water partition coefficient (Wildman–Crippen LogP) is 3.48. The number of pyridine rings is 1. The highest BCUT2D eigenvalue weighted by atomic mass is 79.9. The fourth-order valence-electron chi connectivity index (χ4n) is 4.35. The maximum absolute atomic E-state index is 13.3. The van der Waals surface area contributed by atoms with Crippen molar-refractivity contribution in [3.05, 3.63) is 52.5 Å². The minimum Gasteiger partial charge on any atom is -0.378 e. The van der Waals surface area contributed by atoms with Gasteiger partial charge >= 0.3 is 6.03 Å². The summed E-state index contributed by atoms with van der Waals surface area (Å²) in [5, 5.41) is 7.94. The molecule has 32 heavy (non-hydrogen) atoms. The van der Waals surface area contributed by atoms with E-state index in [0.717, 1.165) is 53.0 Å². The number of piperidine rings is 1. The summed E-state index contributed by atoms with van der Waals surface area (Å²) in [6.45, 7) is 3.83. The van der Waals surface area contributed by atoms with Crippen LogP contribution in [-0.2, 0) is 11.3 Å². The lowest BCUT2D eigenvalue weighted by Crippen LogP contribution is -2.50. The molecule has 1 N–H and O–H groups in total. The molecular weight excluding hydrogens is 474 g/mol. The van der Waals surface area contributed by atoms with Crippen LogP contribution >= 0.6 is 15.9 Å². The van der Waals surface area contributed by atoms with E-state index in [0.29, 0.717) is 32.8 Å². The third-order valence-electron chi connectivity index (χ3n) is 6.02. The van der Waals surface area contributed by atoms with Crippen molar-refractivity contribution >= 4 is 33.4 Å². The Hall–Kier alpha value is -2.72. The number of halogens is 1. The number of carbonyl (C=O) groups is 1. The number of aromatic nitrogens is 4. The molecule has 0 radical (unpaired) electrons. The van der Waals surface area contributed by atoms with E-state index in [1.165, 1.54) is 0 Å². The first-order valence-electron chi connectivity index (χ1n) is 11.0. The summed E-state index contributed by atoms with van der Waals surface area (Å²) in [4.78, 5) is 26.3. The van der Waals surface area contributed by atoms with Crippen LogP contribution in [0.3, 0.4) is 0 Å². The van der Waals surface area contributed by atoms with Crippen LogP contribution in [0, 0.1) is 0 Å². The molecule has 1 unspecified atom stereocenters. The zero-order valence-electron chi connectivity index (χ0n) is 17.8. The number of amides is 2. The van der Waals surface area contributed by atoms with E-state index >= 15 is 0 Å². The van der Waals surface area contributed by atoms with Crippen LogP contribution in [0.15, 0.2) is 41.3 Å². The zero-order valence-corrected chi connectivity index (χ0v) is 19.4. The second kappa shape index (κ2) is 9.41. The summed E-state index contributed by atoms with van der Waals surface area (Å²) in [5.74, 6) is 0.837. The van der Waals surface area contributed by atoms with Gasteiger partial charge in [0.25, 0.3) is 0 Å². The van der Waals surface area contributed by atoms with Gasteiger partial charge in [-0.05, 0) is 46.8 Å². The summed E-state index contributed by atoms with van der Waals surface area (Å²) in [5.41, 5.74) is 2.70. The Morgan fingerprint density at radius 2 is 2.09 bits per heavy atom. The molecule has 0 saturated carbocycles. The van der Waals surface area contributed by atoms with E-state index in [1.54, 1.807) is 16.9 Å². The van der Waals surface area contributed by atoms with Crippen LogP contribution in [-0.4, -0.2) is 68.3 Å². The SMILES string of the molecule is O=C(N1CCOCC1)N1CCCCC1c1cc(NCc2cccnc2)n2ncc(Br)c2n1. The number of likely N-dealkylation sites (tertiary alicyclic amines) is 1. The van der Waals surface area contributed by atoms with Crippen molar-refractivity contribution in [2.24, 2.45) is 0 Å². The standard InChI is InChI=1S/C22H26BrN7O2/c23-17-15-26-30-20(25-14-16-4-3-6-24-13-16)12-18(27-21(17)30)19-5-1-2-7-29(19)22(31)28-8-10-32-11-9-28/h3-4,6,12-13,15,19,25H,1-2,5,7-11,14H2. The Bertz CT molecular complexity index is 1080. The molecule has 3 aromatic heterocycles. The Kier molecular flexibility index (Phi) is 6.22. The molecule has 5 heterocycles. The minimum absolute atomic E-state index is 0.0650. The molecular formula is C22H26BrN7O2. The molecule has 0 aromatic carbocycles. The van der Waals surface area contributed by atoms with Gasteiger partial charge in [0.15, 0.2) is 5.65 Å². The maximum atomic E-state index is 13.3. The van der Waals surface area contributed by atoms with Crippen LogP contribution in [0.2, 0.25) is 0 Å². The molecule has 2 aliphatic heterocycles. The number of nitrogens with zero attached hydrogens (tertiary/aromatic N) is 6. The molecule has 1 atom stereocenters. The molecule has 168 valence electrons. The van der Waals surface area contributed by atoms with Gasteiger partial charge in [-0.15, -0.1) is 0 Å². The van der Waals surface area contributed by atoms with Gasteiger partial charge in [0.1, 0.15) is 5.82 Å². The van der Waals surface area contributed by atoms with Crippen LogP contribution in [0.25, 0.3) is 5.65 Å². The summed E-state index contributed by atoms with van der Waals surface area (Å²) < 4.78 is 8.05. The van der Waals surface area contributed by atoms with Gasteiger partial charge in [0.05, 0.1) is 35.6 Å². The highest BCUT2D eigenvalue weighted by molar-refractivity contribution is 9.10. The number of carbonyl (C=O) groups excluding carboxylic acids is 1. The first-order valence-corrected chi connectivity index (χ1v) is 11.8. The van der Waals surface area contributed by atoms with Gasteiger partial charge in [0.2, 0.25) is 0 Å². The third kappa shape index (κ3) is 4.29. The lowest BCUT2D eigenvalue weighted by Gasteiger charge is -2.39. The number of nitrogens with one attached hydrogen (secondary N) is 1. The van der Waals surface area contributed by atoms with Crippen molar-refractivity contribution in [2.75, 3.05) is 38.2 Å². The average molecular weight is 500 g/mol. The topological polar surface area (TPSA) is 87.9 Å². The summed E-state index contributed by atoms with van der Waals surface area (Å²) in [6, 6.07) is 5.99. The fourth-order valence-corrected chi connectivity index (χ4v) is 4.70. The van der Waals surface area contributed by atoms with Gasteiger partial charge < -0.3 is 19.9 Å². The molecule has 2 fully saturated rings. The summed E-state index contributed by atoms with van der Waals surface area (Å²) in [7, 11) is 0. The molecule has 3 aromatic rings. The molecule has 2 saturated heterocycles. The monoisotopic (exact) mass is 499 g/mol. The van der Waals surface area contributed by atoms with Crippen LogP contribution in [0.4, 0.5) is 10.6 Å². The molecule has 2 aliphatic rings. The second-order valence-electron chi connectivity index (χ2n) is 8.10. The summed E-state index contributed by atoms with van der Waals surface area (Å²) in [6.07, 6.45) is 8.34. The number of ether oxygens (including phenoxy) is 1. The van der Waals surface area contributed by atoms with E-state index in [9.17, 15) is 4.79 Å². The molecule has 5 rings (SSSR count). The molecule has 0 spiro atoms. The largest absolute Gasteiger partial charge is 0.378 e. The van der Waals surface area contributed by atoms with Gasteiger partial charge in [-0.25, -0.2) is 9.78 Å². The van der Waals surface area contributed by atoms with Gasteiger partial charge in [0, 0.05) is 44.6 Å². The lowest BCUT2D eigenvalue weighted by atomic mass is 9.99. The smallest absolute Gasteiger partial charge is 0.320 e. The number of rotatable bonds is 4. The fraction of sp³-hybridized carbons (Fsp3) is 0.455. The van der Waals surface area contributed by atoms with E-state index in [1.807, 2.05) is 34.2 Å². The quantitative estimate of drug-likeness (QED) is 0.591. The van der Waals surface area contributed by atoms with Gasteiger partial charge in [-0.1, -0.05) is 6.07 Å². The lowest BCUT2D eigenvalue weighted by molar-refractivity contribution is 0.0352. The van der Waals surface area contributed by atoms with Gasteiger partial charge in [-0.2, -0.15) is 9.61 Å². The van der Waals surface area contributed by atoms with E-state index in [2.05, 4.69) is 31.3 Å². The van der Waals surface area contributed by atoms with E-state index in [-0.39, 0.29) is 12.1 Å². The van der Waals surface area contributed by atoms with Crippen LogP contribution < -0.4 is 5.32 Å². The molecule has 0 bridgehead atoms. The zero-order chi connectivity index (χ0) is 21.9. The molecule has 10 heteroatoms. The van der Waals surface area contributed by atoms with Crippen LogP contribution in [0.1, 0.15) is 36.6 Å². The maximum Gasteiger partial charge on any atom is 0.320 e. The Labute approximate surface area is 194 Å². The molecule has 9 nitrogen and oxygen atoms in total. The normalized spacial score (nSPS) is 19.3. The number of hydrogen-bond donors (Lipinski definition) is 1. The van der Waals surface area contributed by atoms with Crippen molar-refractivity contribution in [3.8, 4) is 0 Å². The number of anilines is 1. The Balaban J connectivity index is 1.46. The van der Waals surface area contributed by atoms with E-state index < -0.39 is 0 Å². The van der Waals surface area contributed by atoms with Gasteiger partial charge in [-0.3, -0.25) is 4.98 Å². The first-order chi connectivity index (χ1) is 15.7. The van der Waals surface area contributed by atoms with Crippen LogP contribution in [0.5, 0.6) is 0 Å². The Morgan fingerprint density at radius 3 is 2.91 bits per heavy atom. The first kappa shape index (κ1) is 21.1. The average Bonchev–Trinajstić information content (AvgIpc) is 3.24. The van der Waals surface area contributed by atoms with Crippen molar-refractivity contribution in [1.82, 2.24) is 29.4 Å². The predicted molar refractivity (Wildman–Crippen MR) is 123 cm³/mol. The minimum atomic E-state index is -0.0650. The van der Waals surface area contributed by atoms with Crippen molar-refractivity contribution in [1.29, 1.82) is 0 Å².